The first-order valence-electron chi connectivity index (χ1n) is 4.80. The van der Waals surface area contributed by atoms with E-state index in [9.17, 15) is 0 Å². The summed E-state index contributed by atoms with van der Waals surface area (Å²) in [6.07, 6.45) is 4.85. The molecule has 0 amide bonds. The molecule has 0 rings (SSSR count). The lowest BCUT2D eigenvalue weighted by molar-refractivity contribution is 0.248. The number of hydrogen-bond acceptors (Lipinski definition) is 1. The second-order valence-electron chi connectivity index (χ2n) is 4.13. The van der Waals surface area contributed by atoms with E-state index in [1.165, 1.54) is 19.3 Å². The molecule has 0 aromatic heterocycles. The van der Waals surface area contributed by atoms with Crippen LogP contribution in [0.5, 0.6) is 0 Å². The molecule has 0 saturated carbocycles. The molecule has 0 aliphatic rings. The van der Waals surface area contributed by atoms with Gasteiger partial charge in [0.05, 0.1) is 0 Å². The van der Waals surface area contributed by atoms with Crippen molar-refractivity contribution in [3.05, 3.63) is 0 Å². The molecule has 0 aromatic rings. The van der Waals surface area contributed by atoms with Gasteiger partial charge in [-0.2, -0.15) is 0 Å². The zero-order valence-electron chi connectivity index (χ0n) is 8.48. The molecular weight excluding hydrogens is 134 g/mol. The molecule has 0 saturated heterocycles. The van der Waals surface area contributed by atoms with Gasteiger partial charge in [0.1, 0.15) is 0 Å². The van der Waals surface area contributed by atoms with Crippen LogP contribution in [0.3, 0.4) is 0 Å². The number of nitrogens with two attached hydrogens (primary N) is 1. The van der Waals surface area contributed by atoms with Gasteiger partial charge in [-0.3, -0.25) is 0 Å². The van der Waals surface area contributed by atoms with Crippen molar-refractivity contribution in [2.24, 2.45) is 11.1 Å². The fourth-order valence-corrected chi connectivity index (χ4v) is 1.53. The van der Waals surface area contributed by atoms with Gasteiger partial charge >= 0.3 is 0 Å². The van der Waals surface area contributed by atoms with Gasteiger partial charge in [0, 0.05) is 6.04 Å². The smallest absolute Gasteiger partial charge is 0.00901 e. The van der Waals surface area contributed by atoms with Crippen LogP contribution >= 0.6 is 0 Å². The van der Waals surface area contributed by atoms with E-state index in [0.29, 0.717) is 11.5 Å². The van der Waals surface area contributed by atoms with E-state index >= 15 is 0 Å². The van der Waals surface area contributed by atoms with Crippen LogP contribution in [-0.4, -0.2) is 6.04 Å². The number of hydrogen-bond donors (Lipinski definition) is 1. The molecule has 1 nitrogen and oxygen atoms in total. The Kier molecular flexibility index (Phi) is 4.74. The summed E-state index contributed by atoms with van der Waals surface area (Å²) in [6, 6.07) is 0.382. The molecule has 0 fully saturated rings. The van der Waals surface area contributed by atoms with Crippen LogP contribution in [0.25, 0.3) is 0 Å². The highest BCUT2D eigenvalue weighted by molar-refractivity contribution is 4.80. The molecule has 1 heteroatoms. The van der Waals surface area contributed by atoms with Crippen molar-refractivity contribution in [3.63, 3.8) is 0 Å². The molecular formula is C10H23N. The van der Waals surface area contributed by atoms with Crippen LogP contribution in [-0.2, 0) is 0 Å². The molecule has 0 spiro atoms. The fourth-order valence-electron chi connectivity index (χ4n) is 1.53. The quantitative estimate of drug-likeness (QED) is 0.652. The van der Waals surface area contributed by atoms with Gasteiger partial charge in [-0.15, -0.1) is 0 Å². The summed E-state index contributed by atoms with van der Waals surface area (Å²) in [5, 5.41) is 0. The van der Waals surface area contributed by atoms with Crippen molar-refractivity contribution < 1.29 is 0 Å². The highest BCUT2D eigenvalue weighted by Gasteiger charge is 2.23. The lowest BCUT2D eigenvalue weighted by Crippen LogP contribution is -2.36. The minimum absolute atomic E-state index is 0.338. The summed E-state index contributed by atoms with van der Waals surface area (Å²) in [4.78, 5) is 0. The maximum Gasteiger partial charge on any atom is 0.00901 e. The van der Waals surface area contributed by atoms with Crippen LogP contribution < -0.4 is 5.73 Å². The maximum absolute atomic E-state index is 6.05. The molecule has 0 aromatic carbocycles. The van der Waals surface area contributed by atoms with E-state index in [1.54, 1.807) is 0 Å². The van der Waals surface area contributed by atoms with Crippen LogP contribution in [0.15, 0.2) is 0 Å². The average Bonchev–Trinajstić information content (AvgIpc) is 1.88. The zero-order valence-corrected chi connectivity index (χ0v) is 8.48. The van der Waals surface area contributed by atoms with Gasteiger partial charge in [-0.05, 0) is 18.3 Å². The van der Waals surface area contributed by atoms with E-state index < -0.39 is 0 Å². The summed E-state index contributed by atoms with van der Waals surface area (Å²) < 4.78 is 0. The largest absolute Gasteiger partial charge is 0.327 e. The van der Waals surface area contributed by atoms with Gasteiger partial charge < -0.3 is 5.73 Å². The lowest BCUT2D eigenvalue weighted by Gasteiger charge is -2.31. The Bertz CT molecular complexity index is 97.0. The van der Waals surface area contributed by atoms with E-state index in [2.05, 4.69) is 27.7 Å². The highest BCUT2D eigenvalue weighted by atomic mass is 14.7. The molecule has 11 heavy (non-hydrogen) atoms. The third-order valence-electron chi connectivity index (χ3n) is 2.50. The second kappa shape index (κ2) is 4.76. The first-order chi connectivity index (χ1) is 5.04. The van der Waals surface area contributed by atoms with Gasteiger partial charge in [-0.1, -0.05) is 40.5 Å². The monoisotopic (exact) mass is 157 g/mol. The van der Waals surface area contributed by atoms with Crippen molar-refractivity contribution in [3.8, 4) is 0 Å². The summed E-state index contributed by atoms with van der Waals surface area (Å²) in [5.74, 6) is 0. The van der Waals surface area contributed by atoms with Crippen molar-refractivity contribution in [1.29, 1.82) is 0 Å². The third kappa shape index (κ3) is 3.76. The van der Waals surface area contributed by atoms with Crippen LogP contribution in [0.1, 0.15) is 53.4 Å². The third-order valence-corrected chi connectivity index (χ3v) is 2.50. The Morgan fingerprint density at radius 3 is 2.09 bits per heavy atom. The van der Waals surface area contributed by atoms with Crippen LogP contribution in [0, 0.1) is 5.41 Å². The predicted octanol–water partition coefficient (Wildman–Crippen LogP) is 2.94. The lowest BCUT2D eigenvalue weighted by atomic mass is 9.79. The minimum atomic E-state index is 0.338. The van der Waals surface area contributed by atoms with Crippen LogP contribution in [0.2, 0.25) is 0 Å². The molecule has 0 bridgehead atoms. The molecule has 0 radical (unpaired) electrons. The standard InChI is InChI=1S/C10H23N/c1-5-7-9(11)10(3,4)8-6-2/h9H,5-8,11H2,1-4H3. The van der Waals surface area contributed by atoms with Crippen molar-refractivity contribution in [2.75, 3.05) is 0 Å². The van der Waals surface area contributed by atoms with Gasteiger partial charge in [-0.25, -0.2) is 0 Å². The molecule has 68 valence electrons. The summed E-state index contributed by atoms with van der Waals surface area (Å²) in [7, 11) is 0. The first kappa shape index (κ1) is 11.0. The predicted molar refractivity (Wildman–Crippen MR) is 51.6 cm³/mol. The Morgan fingerprint density at radius 2 is 1.73 bits per heavy atom. The van der Waals surface area contributed by atoms with E-state index in [4.69, 9.17) is 5.73 Å². The molecule has 2 N–H and O–H groups in total. The Balaban J connectivity index is 3.83. The van der Waals surface area contributed by atoms with Gasteiger partial charge in [0.15, 0.2) is 0 Å². The topological polar surface area (TPSA) is 26.0 Å². The Hall–Kier alpha value is -0.0400. The van der Waals surface area contributed by atoms with Gasteiger partial charge in [0.2, 0.25) is 0 Å². The number of rotatable bonds is 5. The first-order valence-corrected chi connectivity index (χ1v) is 4.80. The minimum Gasteiger partial charge on any atom is -0.327 e. The maximum atomic E-state index is 6.05. The molecule has 0 aliphatic heterocycles. The van der Waals surface area contributed by atoms with Crippen molar-refractivity contribution in [2.45, 2.75) is 59.4 Å². The summed E-state index contributed by atoms with van der Waals surface area (Å²) >= 11 is 0. The highest BCUT2D eigenvalue weighted by Crippen LogP contribution is 2.27. The van der Waals surface area contributed by atoms with E-state index in [0.717, 1.165) is 6.42 Å². The fraction of sp³-hybridized carbons (Fsp3) is 1.00. The zero-order chi connectivity index (χ0) is 8.91. The molecule has 1 unspecified atom stereocenters. The van der Waals surface area contributed by atoms with Crippen LogP contribution in [0.4, 0.5) is 0 Å². The summed E-state index contributed by atoms with van der Waals surface area (Å²) in [6.45, 7) is 8.97. The second-order valence-corrected chi connectivity index (χ2v) is 4.13. The van der Waals surface area contributed by atoms with Crippen molar-refractivity contribution in [1.82, 2.24) is 0 Å². The molecule has 1 atom stereocenters. The van der Waals surface area contributed by atoms with E-state index in [1.807, 2.05) is 0 Å². The van der Waals surface area contributed by atoms with E-state index in [-0.39, 0.29) is 0 Å². The van der Waals surface area contributed by atoms with Gasteiger partial charge in [0.25, 0.3) is 0 Å². The SMILES string of the molecule is CCCC(N)C(C)(C)CCC. The molecule has 0 aliphatic carbocycles. The normalized spacial score (nSPS) is 15.0. The van der Waals surface area contributed by atoms with Crippen molar-refractivity contribution >= 4 is 0 Å². The average molecular weight is 157 g/mol. The Labute approximate surface area is 71.4 Å². The Morgan fingerprint density at radius 1 is 1.18 bits per heavy atom. The molecule has 0 heterocycles. The summed E-state index contributed by atoms with van der Waals surface area (Å²) in [5.41, 5.74) is 6.39.